The van der Waals surface area contributed by atoms with E-state index >= 15 is 0 Å². The maximum atomic E-state index is 15.0. The number of benzene rings is 2. The van der Waals surface area contributed by atoms with Crippen LogP contribution >= 0.6 is 0 Å². The minimum absolute atomic E-state index is 0.0422. The van der Waals surface area contributed by atoms with E-state index in [2.05, 4.69) is 10.4 Å². The molecule has 0 aliphatic rings. The smallest absolute Gasteiger partial charge is 0.425 e. The largest absolute Gasteiger partial charge is 0.480 e. The molecule has 1 atom stereocenters. The number of halogens is 6. The van der Waals surface area contributed by atoms with Gasteiger partial charge < -0.3 is 10.1 Å². The van der Waals surface area contributed by atoms with Crippen LogP contribution in [0.2, 0.25) is 0 Å². The predicted molar refractivity (Wildman–Crippen MR) is 109 cm³/mol. The first-order valence-electron chi connectivity index (χ1n) is 9.78. The lowest BCUT2D eigenvalue weighted by Crippen LogP contribution is -2.32. The highest BCUT2D eigenvalue weighted by Gasteiger charge is 2.39. The number of anilines is 1. The second-order valence-corrected chi connectivity index (χ2v) is 7.14. The molecule has 1 unspecified atom stereocenters. The van der Waals surface area contributed by atoms with Crippen molar-refractivity contribution in [1.82, 2.24) is 14.3 Å². The quantitative estimate of drug-likeness (QED) is 0.511. The number of carbonyl (C=O) groups excluding carboxylic acids is 1. The summed E-state index contributed by atoms with van der Waals surface area (Å²) >= 11 is 0. The van der Waals surface area contributed by atoms with Crippen LogP contribution < -0.4 is 15.7 Å². The van der Waals surface area contributed by atoms with Gasteiger partial charge in [0.05, 0.1) is 17.9 Å². The summed E-state index contributed by atoms with van der Waals surface area (Å²) in [4.78, 5) is 25.1. The van der Waals surface area contributed by atoms with Crippen molar-refractivity contribution in [3.63, 3.8) is 0 Å². The second kappa shape index (κ2) is 9.61. The maximum absolute atomic E-state index is 15.0. The topological polar surface area (TPSA) is 78.2 Å². The van der Waals surface area contributed by atoms with Crippen molar-refractivity contribution in [3.8, 4) is 11.4 Å². The third-order valence-electron chi connectivity index (χ3n) is 4.80. The van der Waals surface area contributed by atoms with E-state index in [-0.39, 0.29) is 17.9 Å². The zero-order chi connectivity index (χ0) is 25.2. The SMILES string of the molecule is CC(Oc1cc(-n2nc(CCF)n(C)c2=O)c(F)cc1C(=O)Nc1ccccc1F)C(F)(F)F. The molecular formula is C21H18F6N4O3. The normalized spacial score (nSPS) is 12.5. The van der Waals surface area contributed by atoms with Gasteiger partial charge in [-0.2, -0.15) is 17.9 Å². The molecule has 1 heterocycles. The van der Waals surface area contributed by atoms with Crippen LogP contribution in [0.4, 0.5) is 32.0 Å². The minimum Gasteiger partial charge on any atom is -0.480 e. The predicted octanol–water partition coefficient (Wildman–Crippen LogP) is 3.94. The van der Waals surface area contributed by atoms with Crippen LogP contribution in [-0.2, 0) is 13.5 Å². The molecule has 0 saturated heterocycles. The lowest BCUT2D eigenvalue weighted by atomic mass is 10.1. The molecule has 0 aliphatic carbocycles. The number of alkyl halides is 4. The highest BCUT2D eigenvalue weighted by atomic mass is 19.4. The summed E-state index contributed by atoms with van der Waals surface area (Å²) in [6.07, 6.45) is -7.53. The number of para-hydroxylation sites is 1. The van der Waals surface area contributed by atoms with Gasteiger partial charge in [-0.3, -0.25) is 13.8 Å². The first kappa shape index (κ1) is 24.9. The van der Waals surface area contributed by atoms with Crippen molar-refractivity contribution < 1.29 is 35.9 Å². The van der Waals surface area contributed by atoms with Crippen molar-refractivity contribution in [3.05, 3.63) is 69.9 Å². The number of ether oxygens (including phenoxy) is 1. The molecule has 13 heteroatoms. The summed E-state index contributed by atoms with van der Waals surface area (Å²) in [5, 5.41) is 5.95. The number of amides is 1. The first-order valence-corrected chi connectivity index (χ1v) is 9.78. The number of nitrogens with zero attached hydrogens (tertiary/aromatic N) is 3. The van der Waals surface area contributed by atoms with E-state index in [1.165, 1.54) is 25.2 Å². The van der Waals surface area contributed by atoms with Crippen LogP contribution in [0.25, 0.3) is 5.69 Å². The van der Waals surface area contributed by atoms with E-state index in [9.17, 15) is 35.9 Å². The number of hydrogen-bond donors (Lipinski definition) is 1. The molecular weight excluding hydrogens is 470 g/mol. The van der Waals surface area contributed by atoms with Crippen LogP contribution in [-0.4, -0.2) is 39.2 Å². The van der Waals surface area contributed by atoms with Gasteiger partial charge in [0, 0.05) is 19.5 Å². The lowest BCUT2D eigenvalue weighted by Gasteiger charge is -2.20. The average molecular weight is 488 g/mol. The number of rotatable bonds is 7. The molecule has 0 fully saturated rings. The van der Waals surface area contributed by atoms with Crippen molar-refractivity contribution >= 4 is 11.6 Å². The molecule has 0 bridgehead atoms. The Labute approximate surface area is 188 Å². The summed E-state index contributed by atoms with van der Waals surface area (Å²) in [7, 11) is 1.26. The van der Waals surface area contributed by atoms with E-state index < -0.39 is 59.2 Å². The Morgan fingerprint density at radius 2 is 1.85 bits per heavy atom. The van der Waals surface area contributed by atoms with Gasteiger partial charge in [0.15, 0.2) is 6.10 Å². The fourth-order valence-corrected chi connectivity index (χ4v) is 2.93. The lowest BCUT2D eigenvalue weighted by molar-refractivity contribution is -0.189. The van der Waals surface area contributed by atoms with Gasteiger partial charge in [-0.25, -0.2) is 13.6 Å². The molecule has 0 saturated carbocycles. The summed E-state index contributed by atoms with van der Waals surface area (Å²) < 4.78 is 87.3. The molecule has 2 aromatic carbocycles. The molecule has 3 rings (SSSR count). The fraction of sp³-hybridized carbons (Fsp3) is 0.286. The van der Waals surface area contributed by atoms with Gasteiger partial charge in [-0.15, -0.1) is 5.10 Å². The van der Waals surface area contributed by atoms with Gasteiger partial charge in [0.1, 0.15) is 28.9 Å². The molecule has 0 spiro atoms. The van der Waals surface area contributed by atoms with Crippen LogP contribution in [0.5, 0.6) is 5.75 Å². The van der Waals surface area contributed by atoms with Gasteiger partial charge in [0.2, 0.25) is 0 Å². The van der Waals surface area contributed by atoms with E-state index in [1.54, 1.807) is 0 Å². The number of nitrogens with one attached hydrogen (secondary N) is 1. The average Bonchev–Trinajstić information content (AvgIpc) is 3.04. The van der Waals surface area contributed by atoms with Crippen molar-refractivity contribution in [2.45, 2.75) is 25.6 Å². The van der Waals surface area contributed by atoms with Gasteiger partial charge >= 0.3 is 11.9 Å². The zero-order valence-electron chi connectivity index (χ0n) is 17.8. The number of aryl methyl sites for hydroxylation is 1. The zero-order valence-corrected chi connectivity index (χ0v) is 17.8. The highest BCUT2D eigenvalue weighted by Crippen LogP contribution is 2.31. The summed E-state index contributed by atoms with van der Waals surface area (Å²) in [6.45, 7) is -0.201. The molecule has 182 valence electrons. The molecule has 34 heavy (non-hydrogen) atoms. The third kappa shape index (κ3) is 5.07. The Morgan fingerprint density at radius 3 is 2.47 bits per heavy atom. The minimum atomic E-state index is -4.84. The number of aromatic nitrogens is 3. The maximum Gasteiger partial charge on any atom is 0.425 e. The van der Waals surface area contributed by atoms with Crippen molar-refractivity contribution in [2.75, 3.05) is 12.0 Å². The number of hydrogen-bond acceptors (Lipinski definition) is 4. The highest BCUT2D eigenvalue weighted by molar-refractivity contribution is 6.06. The molecule has 3 aromatic rings. The van der Waals surface area contributed by atoms with E-state index in [0.29, 0.717) is 23.7 Å². The molecule has 1 aromatic heterocycles. The standard InChI is InChI=1S/C21H18F6N4O3/c1-11(21(25,26)27)34-17-10-16(31-20(33)30(2)18(29-31)7-8-22)14(24)9-12(17)19(32)28-15-6-4-3-5-13(15)23/h3-6,9-11H,7-8H2,1-2H3,(H,28,32). The second-order valence-electron chi connectivity index (χ2n) is 7.14. The van der Waals surface area contributed by atoms with Crippen LogP contribution in [0.1, 0.15) is 23.1 Å². The number of carbonyl (C=O) groups is 1. The van der Waals surface area contributed by atoms with Gasteiger partial charge in [-0.05, 0) is 25.1 Å². The molecule has 0 aliphatic heterocycles. The fourth-order valence-electron chi connectivity index (χ4n) is 2.93. The Hall–Kier alpha value is -3.77. The monoisotopic (exact) mass is 488 g/mol. The molecule has 0 radical (unpaired) electrons. The van der Waals surface area contributed by atoms with Gasteiger partial charge in [-0.1, -0.05) is 12.1 Å². The van der Waals surface area contributed by atoms with Crippen molar-refractivity contribution in [1.29, 1.82) is 0 Å². The molecule has 1 amide bonds. The van der Waals surface area contributed by atoms with Crippen LogP contribution in [0.3, 0.4) is 0 Å². The van der Waals surface area contributed by atoms with E-state index in [4.69, 9.17) is 4.74 Å². The molecule has 1 N–H and O–H groups in total. The van der Waals surface area contributed by atoms with Crippen molar-refractivity contribution in [2.24, 2.45) is 7.05 Å². The molecule has 7 nitrogen and oxygen atoms in total. The summed E-state index contributed by atoms with van der Waals surface area (Å²) in [5.41, 5.74) is -2.52. The first-order chi connectivity index (χ1) is 15.9. The van der Waals surface area contributed by atoms with E-state index in [0.717, 1.165) is 10.6 Å². The summed E-state index contributed by atoms with van der Waals surface area (Å²) in [5.74, 6) is -3.98. The Kier molecular flexibility index (Phi) is 7.03. The Morgan fingerprint density at radius 1 is 1.18 bits per heavy atom. The van der Waals surface area contributed by atoms with Crippen LogP contribution in [0, 0.1) is 11.6 Å². The van der Waals surface area contributed by atoms with E-state index in [1.807, 2.05) is 0 Å². The summed E-state index contributed by atoms with van der Waals surface area (Å²) in [6, 6.07) is 6.21. The Balaban J connectivity index is 2.12. The third-order valence-corrected chi connectivity index (χ3v) is 4.80. The van der Waals surface area contributed by atoms with Gasteiger partial charge in [0.25, 0.3) is 5.91 Å². The Bertz CT molecular complexity index is 1270. The van der Waals surface area contributed by atoms with Crippen LogP contribution in [0.15, 0.2) is 41.2 Å².